The van der Waals surface area contributed by atoms with Crippen LogP contribution < -0.4 is 10.1 Å². The fourth-order valence-corrected chi connectivity index (χ4v) is 2.02. The number of benzene rings is 1. The summed E-state index contributed by atoms with van der Waals surface area (Å²) in [6.45, 7) is 2.00. The van der Waals surface area contributed by atoms with Gasteiger partial charge in [0.2, 0.25) is 0 Å². The summed E-state index contributed by atoms with van der Waals surface area (Å²) in [5.41, 5.74) is 1.25. The van der Waals surface area contributed by atoms with Gasteiger partial charge in [-0.05, 0) is 24.1 Å². The molecule has 0 saturated carbocycles. The third kappa shape index (κ3) is 3.92. The first kappa shape index (κ1) is 15.3. The summed E-state index contributed by atoms with van der Waals surface area (Å²) in [6.07, 6.45) is 3.47. The van der Waals surface area contributed by atoms with Crippen LogP contribution in [0.5, 0.6) is 5.75 Å². The van der Waals surface area contributed by atoms with Crippen LogP contribution in [0.2, 0.25) is 5.15 Å². The van der Waals surface area contributed by atoms with Gasteiger partial charge in [0.25, 0.3) is 5.91 Å². The Bertz CT molecular complexity index is 599. The molecule has 2 aromatic rings. The lowest BCUT2D eigenvalue weighted by Gasteiger charge is -2.17. The van der Waals surface area contributed by atoms with E-state index in [1.54, 1.807) is 7.11 Å². The lowest BCUT2D eigenvalue weighted by molar-refractivity contribution is 0.0930. The van der Waals surface area contributed by atoms with Gasteiger partial charge in [-0.25, -0.2) is 9.97 Å². The van der Waals surface area contributed by atoms with Gasteiger partial charge < -0.3 is 10.1 Å². The zero-order chi connectivity index (χ0) is 15.2. The molecule has 1 unspecified atom stereocenters. The van der Waals surface area contributed by atoms with Gasteiger partial charge >= 0.3 is 0 Å². The molecule has 1 aromatic carbocycles. The van der Waals surface area contributed by atoms with E-state index < -0.39 is 0 Å². The van der Waals surface area contributed by atoms with Crippen LogP contribution in [0.15, 0.2) is 36.7 Å². The molecule has 1 aromatic heterocycles. The van der Waals surface area contributed by atoms with Crippen molar-refractivity contribution < 1.29 is 9.53 Å². The van der Waals surface area contributed by atoms with Crippen molar-refractivity contribution >= 4 is 17.5 Å². The van der Waals surface area contributed by atoms with E-state index in [-0.39, 0.29) is 22.8 Å². The molecule has 0 aliphatic rings. The molecular formula is C15H16ClN3O2. The monoisotopic (exact) mass is 305 g/mol. The summed E-state index contributed by atoms with van der Waals surface area (Å²) in [5, 5.41) is 3.19. The maximum Gasteiger partial charge on any atom is 0.271 e. The number of carbonyl (C=O) groups is 1. The number of amides is 1. The highest BCUT2D eigenvalue weighted by molar-refractivity contribution is 6.29. The number of rotatable bonds is 5. The maximum atomic E-state index is 12.1. The minimum atomic E-state index is -0.276. The molecule has 0 saturated heterocycles. The number of nitrogens with one attached hydrogen (secondary N) is 1. The minimum Gasteiger partial charge on any atom is -0.497 e. The van der Waals surface area contributed by atoms with Crippen LogP contribution >= 0.6 is 11.6 Å². The van der Waals surface area contributed by atoms with Crippen LogP contribution in [0.3, 0.4) is 0 Å². The topological polar surface area (TPSA) is 64.1 Å². The van der Waals surface area contributed by atoms with Crippen LogP contribution in [0, 0.1) is 0 Å². The third-order valence-electron chi connectivity index (χ3n) is 3.08. The molecule has 0 aliphatic carbocycles. The molecule has 1 atom stereocenters. The van der Waals surface area contributed by atoms with Gasteiger partial charge in [0.1, 0.15) is 16.6 Å². The fourth-order valence-electron chi connectivity index (χ4n) is 1.92. The molecule has 5 nitrogen and oxygen atoms in total. The van der Waals surface area contributed by atoms with Crippen molar-refractivity contribution in [3.05, 3.63) is 53.1 Å². The first-order chi connectivity index (χ1) is 10.1. The Hall–Kier alpha value is -2.14. The first-order valence-corrected chi connectivity index (χ1v) is 6.94. The molecular weight excluding hydrogens is 290 g/mol. The number of nitrogens with zero attached hydrogens (tertiary/aromatic N) is 2. The van der Waals surface area contributed by atoms with Gasteiger partial charge in [-0.3, -0.25) is 4.79 Å². The predicted octanol–water partition coefficient (Wildman–Crippen LogP) is 3.02. The Morgan fingerprint density at radius 1 is 1.29 bits per heavy atom. The Morgan fingerprint density at radius 3 is 2.52 bits per heavy atom. The number of hydrogen-bond acceptors (Lipinski definition) is 4. The highest BCUT2D eigenvalue weighted by atomic mass is 35.5. The predicted molar refractivity (Wildman–Crippen MR) is 80.5 cm³/mol. The normalized spacial score (nSPS) is 11.8. The van der Waals surface area contributed by atoms with Crippen LogP contribution in [0.4, 0.5) is 0 Å². The summed E-state index contributed by atoms with van der Waals surface area (Å²) < 4.78 is 5.13. The third-order valence-corrected chi connectivity index (χ3v) is 3.28. The molecule has 1 N–H and O–H groups in total. The maximum absolute atomic E-state index is 12.1. The molecule has 110 valence electrons. The number of aromatic nitrogens is 2. The van der Waals surface area contributed by atoms with Gasteiger partial charge in [0, 0.05) is 0 Å². The highest BCUT2D eigenvalue weighted by Gasteiger charge is 2.15. The zero-order valence-electron chi connectivity index (χ0n) is 11.8. The number of ether oxygens (including phenoxy) is 1. The van der Waals surface area contributed by atoms with E-state index in [0.717, 1.165) is 17.7 Å². The van der Waals surface area contributed by atoms with Gasteiger partial charge in [-0.15, -0.1) is 0 Å². The van der Waals surface area contributed by atoms with E-state index >= 15 is 0 Å². The summed E-state index contributed by atoms with van der Waals surface area (Å²) in [4.78, 5) is 20.0. The molecule has 1 amide bonds. The SMILES string of the molecule is CCC(NC(=O)c1cnc(Cl)cn1)c1ccc(OC)cc1. The van der Waals surface area contributed by atoms with E-state index in [0.29, 0.717) is 0 Å². The van der Waals surface area contributed by atoms with Gasteiger partial charge in [-0.2, -0.15) is 0 Å². The average Bonchev–Trinajstić information content (AvgIpc) is 2.53. The van der Waals surface area contributed by atoms with E-state index in [1.807, 2.05) is 31.2 Å². The second kappa shape index (κ2) is 7.04. The molecule has 6 heteroatoms. The summed E-state index contributed by atoms with van der Waals surface area (Å²) >= 11 is 5.66. The zero-order valence-corrected chi connectivity index (χ0v) is 12.6. The standard InChI is InChI=1S/C15H16ClN3O2/c1-3-12(10-4-6-11(21-2)7-5-10)19-15(20)13-8-18-14(16)9-17-13/h4-9,12H,3H2,1-2H3,(H,19,20). The number of carbonyl (C=O) groups excluding carboxylic acids is 1. The largest absolute Gasteiger partial charge is 0.497 e. The molecule has 0 spiro atoms. The smallest absolute Gasteiger partial charge is 0.271 e. The molecule has 0 fully saturated rings. The minimum absolute atomic E-state index is 0.0964. The van der Waals surface area contributed by atoms with Crippen molar-refractivity contribution in [3.8, 4) is 5.75 Å². The molecule has 2 rings (SSSR count). The fraction of sp³-hybridized carbons (Fsp3) is 0.267. The Morgan fingerprint density at radius 2 is 2.00 bits per heavy atom. The summed E-state index contributed by atoms with van der Waals surface area (Å²) in [6, 6.07) is 7.50. The van der Waals surface area contributed by atoms with Crippen molar-refractivity contribution in [2.45, 2.75) is 19.4 Å². The Labute approximate surface area is 128 Å². The van der Waals surface area contributed by atoms with Crippen molar-refractivity contribution in [3.63, 3.8) is 0 Å². The number of hydrogen-bond donors (Lipinski definition) is 1. The van der Waals surface area contributed by atoms with E-state index in [1.165, 1.54) is 12.4 Å². The van der Waals surface area contributed by atoms with E-state index in [2.05, 4.69) is 15.3 Å². The average molecular weight is 306 g/mol. The van der Waals surface area contributed by atoms with E-state index in [4.69, 9.17) is 16.3 Å². The van der Waals surface area contributed by atoms with Gasteiger partial charge in [0.05, 0.1) is 25.5 Å². The van der Waals surface area contributed by atoms with E-state index in [9.17, 15) is 4.79 Å². The molecule has 0 aliphatic heterocycles. The van der Waals surface area contributed by atoms with Crippen LogP contribution in [0.1, 0.15) is 35.4 Å². The van der Waals surface area contributed by atoms with Crippen molar-refractivity contribution in [1.82, 2.24) is 15.3 Å². The quantitative estimate of drug-likeness (QED) is 0.922. The van der Waals surface area contributed by atoms with Crippen molar-refractivity contribution in [2.75, 3.05) is 7.11 Å². The Kier molecular flexibility index (Phi) is 5.11. The summed E-state index contributed by atoms with van der Waals surface area (Å²) in [5.74, 6) is 0.505. The molecule has 21 heavy (non-hydrogen) atoms. The van der Waals surface area contributed by atoms with Crippen LogP contribution in [0.25, 0.3) is 0 Å². The van der Waals surface area contributed by atoms with Crippen molar-refractivity contribution in [2.24, 2.45) is 0 Å². The van der Waals surface area contributed by atoms with Crippen LogP contribution in [-0.2, 0) is 0 Å². The second-order valence-electron chi connectivity index (χ2n) is 4.43. The molecule has 0 bridgehead atoms. The molecule has 1 heterocycles. The van der Waals surface area contributed by atoms with Gasteiger partial charge in [0.15, 0.2) is 0 Å². The Balaban J connectivity index is 2.10. The van der Waals surface area contributed by atoms with Gasteiger partial charge in [-0.1, -0.05) is 30.7 Å². The first-order valence-electron chi connectivity index (χ1n) is 6.56. The lowest BCUT2D eigenvalue weighted by atomic mass is 10.0. The van der Waals surface area contributed by atoms with Crippen molar-refractivity contribution in [1.29, 1.82) is 0 Å². The highest BCUT2D eigenvalue weighted by Crippen LogP contribution is 2.20. The lowest BCUT2D eigenvalue weighted by Crippen LogP contribution is -2.28. The van der Waals surface area contributed by atoms with Crippen LogP contribution in [-0.4, -0.2) is 23.0 Å². The number of halogens is 1. The number of methoxy groups -OCH3 is 1. The second-order valence-corrected chi connectivity index (χ2v) is 4.82. The molecule has 0 radical (unpaired) electrons. The summed E-state index contributed by atoms with van der Waals surface area (Å²) in [7, 11) is 1.62.